The van der Waals surface area contributed by atoms with Gasteiger partial charge in [0.05, 0.1) is 46.8 Å². The summed E-state index contributed by atoms with van der Waals surface area (Å²) in [7, 11) is 4.79. The number of ether oxygens (including phenoxy) is 5. The second-order valence-electron chi connectivity index (χ2n) is 6.91. The molecule has 6 nitrogen and oxygen atoms in total. The fourth-order valence-corrected chi connectivity index (χ4v) is 3.78. The molecule has 0 aromatic heterocycles. The zero-order chi connectivity index (χ0) is 20.1. The van der Waals surface area contributed by atoms with Gasteiger partial charge in [0.15, 0.2) is 23.0 Å². The van der Waals surface area contributed by atoms with Crippen molar-refractivity contribution in [2.45, 2.75) is 19.1 Å². The molecule has 2 aromatic rings. The topological polar surface area (TPSA) is 66.4 Å². The molecule has 152 valence electrons. The van der Waals surface area contributed by atoms with Gasteiger partial charge in [-0.15, -0.1) is 0 Å². The van der Waals surface area contributed by atoms with Crippen molar-refractivity contribution >= 4 is 0 Å². The molecule has 0 bridgehead atoms. The van der Waals surface area contributed by atoms with Crippen LogP contribution >= 0.6 is 0 Å². The van der Waals surface area contributed by atoms with E-state index in [0.29, 0.717) is 17.6 Å². The second-order valence-corrected chi connectivity index (χ2v) is 6.91. The summed E-state index contributed by atoms with van der Waals surface area (Å²) in [5.41, 5.74) is 0.999. The highest BCUT2D eigenvalue weighted by atomic mass is 16.5. The first-order valence-corrected chi connectivity index (χ1v) is 9.36. The zero-order valence-corrected chi connectivity index (χ0v) is 16.8. The minimum absolute atomic E-state index is 0.0248. The maximum atomic E-state index is 9.83. The van der Waals surface area contributed by atoms with Crippen LogP contribution in [-0.2, 0) is 9.47 Å². The summed E-state index contributed by atoms with van der Waals surface area (Å²) >= 11 is 0. The zero-order valence-electron chi connectivity index (χ0n) is 16.8. The lowest BCUT2D eigenvalue weighted by Crippen LogP contribution is -2.16. The van der Waals surface area contributed by atoms with E-state index in [1.165, 1.54) is 0 Å². The van der Waals surface area contributed by atoms with Gasteiger partial charge in [-0.25, -0.2) is 0 Å². The number of aromatic hydroxyl groups is 1. The van der Waals surface area contributed by atoms with E-state index in [-0.39, 0.29) is 18.0 Å². The quantitative estimate of drug-likeness (QED) is 0.859. The van der Waals surface area contributed by atoms with Crippen molar-refractivity contribution < 1.29 is 28.8 Å². The molecule has 28 heavy (non-hydrogen) atoms. The Hall–Kier alpha value is -2.44. The van der Waals surface area contributed by atoms with Crippen molar-refractivity contribution in [2.75, 3.05) is 34.5 Å². The molecule has 0 saturated carbocycles. The Morgan fingerprint density at radius 1 is 0.821 bits per heavy atom. The van der Waals surface area contributed by atoms with E-state index in [4.69, 9.17) is 23.7 Å². The molecule has 6 heteroatoms. The summed E-state index contributed by atoms with van der Waals surface area (Å²) in [6.07, 6.45) is 0.295. The number of fused-ring (bicyclic) bond motifs is 1. The van der Waals surface area contributed by atoms with Gasteiger partial charge >= 0.3 is 0 Å². The van der Waals surface area contributed by atoms with Gasteiger partial charge in [-0.05, 0) is 36.8 Å². The first-order chi connectivity index (χ1) is 13.6. The van der Waals surface area contributed by atoms with Crippen molar-refractivity contribution in [2.24, 2.45) is 11.8 Å². The molecule has 2 aromatic carbocycles. The Morgan fingerprint density at radius 2 is 1.43 bits per heavy atom. The smallest absolute Gasteiger partial charge is 0.160 e. The van der Waals surface area contributed by atoms with Gasteiger partial charge in [0.2, 0.25) is 0 Å². The van der Waals surface area contributed by atoms with Crippen LogP contribution < -0.4 is 14.2 Å². The number of hydrogen-bond acceptors (Lipinski definition) is 6. The third kappa shape index (κ3) is 4.18. The van der Waals surface area contributed by atoms with Gasteiger partial charge in [0.25, 0.3) is 0 Å². The molecular formula is C22H28O6. The third-order valence-corrected chi connectivity index (χ3v) is 5.38. The highest BCUT2D eigenvalue weighted by Gasteiger charge is 2.45. The molecule has 1 N–H and O–H groups in total. The Labute approximate surface area is 165 Å². The lowest BCUT2D eigenvalue weighted by molar-refractivity contribution is 0.0260. The van der Waals surface area contributed by atoms with Gasteiger partial charge in [-0.3, -0.25) is 0 Å². The van der Waals surface area contributed by atoms with Crippen LogP contribution in [-0.4, -0.2) is 45.8 Å². The average molecular weight is 388 g/mol. The fourth-order valence-electron chi connectivity index (χ4n) is 3.78. The number of benzene rings is 2. The molecule has 0 aliphatic carbocycles. The van der Waals surface area contributed by atoms with E-state index in [2.05, 4.69) is 6.92 Å². The molecular weight excluding hydrogens is 360 g/mol. The van der Waals surface area contributed by atoms with E-state index >= 15 is 0 Å². The predicted octanol–water partition coefficient (Wildman–Crippen LogP) is 3.83. The van der Waals surface area contributed by atoms with E-state index in [1.807, 2.05) is 30.3 Å². The van der Waals surface area contributed by atoms with Crippen LogP contribution in [0.3, 0.4) is 0 Å². The van der Waals surface area contributed by atoms with Gasteiger partial charge in [0.1, 0.15) is 0 Å². The lowest BCUT2D eigenvalue weighted by Gasteiger charge is -2.17. The number of hydrogen-bond donors (Lipinski definition) is 1. The van der Waals surface area contributed by atoms with Crippen LogP contribution in [0.4, 0.5) is 0 Å². The summed E-state index contributed by atoms with van der Waals surface area (Å²) in [5.74, 6) is 3.06. The van der Waals surface area contributed by atoms with E-state index in [0.717, 1.165) is 30.3 Å². The molecule has 2 aliphatic heterocycles. The number of phenols is 1. The first-order valence-electron chi connectivity index (χ1n) is 9.36. The standard InChI is InChI=1S/C14H18O4.C8H10O2/c1-8-10-6-18-14(11(10)7-17-8)9-3-4-13(16-2)12(15)5-9;1-9-7-5-3-4-6-8(7)10-2/h3-5,8,10-11,14-15H,6-7H2,1-2H3;3-6H,1-2H3/t8-,10?,11?,14?;/m1./s1. The molecule has 2 saturated heterocycles. The van der Waals surface area contributed by atoms with Gasteiger partial charge in [-0.1, -0.05) is 18.2 Å². The highest BCUT2D eigenvalue weighted by molar-refractivity contribution is 5.43. The largest absolute Gasteiger partial charge is 0.504 e. The highest BCUT2D eigenvalue weighted by Crippen LogP contribution is 2.45. The lowest BCUT2D eigenvalue weighted by atomic mass is 9.87. The summed E-state index contributed by atoms with van der Waals surface area (Å²) in [4.78, 5) is 0. The molecule has 2 aliphatic rings. The molecule has 2 heterocycles. The van der Waals surface area contributed by atoms with Crippen LogP contribution in [0, 0.1) is 11.8 Å². The Morgan fingerprint density at radius 3 is 2.00 bits per heavy atom. The normalized spacial score (nSPS) is 25.4. The summed E-state index contributed by atoms with van der Waals surface area (Å²) in [6, 6.07) is 13.0. The molecule has 3 unspecified atom stereocenters. The molecule has 0 amide bonds. The maximum Gasteiger partial charge on any atom is 0.160 e. The molecule has 2 fully saturated rings. The van der Waals surface area contributed by atoms with Gasteiger partial charge in [0, 0.05) is 11.8 Å². The van der Waals surface area contributed by atoms with Crippen molar-refractivity contribution in [3.05, 3.63) is 48.0 Å². The van der Waals surface area contributed by atoms with Crippen LogP contribution in [0.15, 0.2) is 42.5 Å². The molecule has 4 rings (SSSR count). The number of methoxy groups -OCH3 is 3. The van der Waals surface area contributed by atoms with Crippen molar-refractivity contribution in [3.8, 4) is 23.0 Å². The van der Waals surface area contributed by atoms with E-state index < -0.39 is 0 Å². The van der Waals surface area contributed by atoms with Crippen molar-refractivity contribution in [1.29, 1.82) is 0 Å². The summed E-state index contributed by atoms with van der Waals surface area (Å²) in [6.45, 7) is 3.58. The Balaban J connectivity index is 0.000000192. The summed E-state index contributed by atoms with van der Waals surface area (Å²) < 4.78 is 26.6. The molecule has 0 spiro atoms. The van der Waals surface area contributed by atoms with Gasteiger partial charge in [-0.2, -0.15) is 0 Å². The minimum Gasteiger partial charge on any atom is -0.504 e. The van der Waals surface area contributed by atoms with Crippen LogP contribution in [0.2, 0.25) is 0 Å². The molecule has 0 radical (unpaired) electrons. The van der Waals surface area contributed by atoms with Crippen LogP contribution in [0.1, 0.15) is 18.6 Å². The third-order valence-electron chi connectivity index (χ3n) is 5.38. The maximum absolute atomic E-state index is 9.83. The number of rotatable bonds is 4. The van der Waals surface area contributed by atoms with E-state index in [9.17, 15) is 5.11 Å². The number of phenolic OH excluding ortho intramolecular Hbond substituents is 1. The predicted molar refractivity (Wildman–Crippen MR) is 105 cm³/mol. The first kappa shape index (κ1) is 20.3. The van der Waals surface area contributed by atoms with Gasteiger partial charge < -0.3 is 28.8 Å². The SMILES string of the molecule is COc1ccc(C2OCC3C2CO[C@@H]3C)cc1O.COc1ccccc1OC. The molecule has 4 atom stereocenters. The second kappa shape index (κ2) is 9.17. The van der Waals surface area contributed by atoms with E-state index in [1.54, 1.807) is 33.5 Å². The fraction of sp³-hybridized carbons (Fsp3) is 0.455. The monoisotopic (exact) mass is 388 g/mol. The van der Waals surface area contributed by atoms with Crippen LogP contribution in [0.25, 0.3) is 0 Å². The number of para-hydroxylation sites is 2. The summed E-state index contributed by atoms with van der Waals surface area (Å²) in [5, 5.41) is 9.83. The minimum atomic E-state index is 0.0248. The van der Waals surface area contributed by atoms with Crippen LogP contribution in [0.5, 0.6) is 23.0 Å². The average Bonchev–Trinajstić information content (AvgIpc) is 3.31. The Bertz CT molecular complexity index is 754. The Kier molecular flexibility index (Phi) is 6.65. The van der Waals surface area contributed by atoms with Crippen molar-refractivity contribution in [1.82, 2.24) is 0 Å². The van der Waals surface area contributed by atoms with Crippen molar-refractivity contribution in [3.63, 3.8) is 0 Å².